The van der Waals surface area contributed by atoms with Crippen molar-refractivity contribution in [2.45, 2.75) is 43.5 Å². The predicted octanol–water partition coefficient (Wildman–Crippen LogP) is 4.65. The van der Waals surface area contributed by atoms with E-state index in [1.807, 2.05) is 6.92 Å². The molecular formula is C27H30N2O4S. The quantitative estimate of drug-likeness (QED) is 0.512. The number of rotatable bonds is 8. The summed E-state index contributed by atoms with van der Waals surface area (Å²) in [6, 6.07) is 21.0. The summed E-state index contributed by atoms with van der Waals surface area (Å²) in [6.45, 7) is 1.60. The predicted molar refractivity (Wildman–Crippen MR) is 134 cm³/mol. The Morgan fingerprint density at radius 1 is 0.971 bits per heavy atom. The number of aryl methyl sites for hydroxylation is 2. The molecule has 1 aliphatic carbocycles. The van der Waals surface area contributed by atoms with Gasteiger partial charge in [-0.2, -0.15) is 0 Å². The number of benzene rings is 3. The lowest BCUT2D eigenvalue weighted by atomic mass is 9.89. The molecule has 0 saturated carbocycles. The number of sulfonamides is 1. The minimum atomic E-state index is -3.97. The van der Waals surface area contributed by atoms with Crippen LogP contribution in [0.1, 0.15) is 42.5 Å². The number of hydrogen-bond acceptors (Lipinski definition) is 4. The van der Waals surface area contributed by atoms with Crippen molar-refractivity contribution >= 4 is 21.6 Å². The molecule has 0 saturated heterocycles. The third-order valence-corrected chi connectivity index (χ3v) is 8.02. The molecule has 3 aromatic carbocycles. The molecule has 1 amide bonds. The van der Waals surface area contributed by atoms with Gasteiger partial charge in [0.25, 0.3) is 10.0 Å². The van der Waals surface area contributed by atoms with Gasteiger partial charge in [0.1, 0.15) is 12.3 Å². The number of nitrogens with one attached hydrogen (secondary N) is 1. The van der Waals surface area contributed by atoms with Crippen LogP contribution in [0.3, 0.4) is 0 Å². The van der Waals surface area contributed by atoms with Gasteiger partial charge in [-0.3, -0.25) is 9.10 Å². The van der Waals surface area contributed by atoms with E-state index in [0.29, 0.717) is 11.4 Å². The van der Waals surface area contributed by atoms with Crippen LogP contribution in [-0.2, 0) is 27.7 Å². The second kappa shape index (κ2) is 10.3. The minimum Gasteiger partial charge on any atom is -0.497 e. The van der Waals surface area contributed by atoms with E-state index >= 15 is 0 Å². The number of ether oxygens (including phenoxy) is 1. The zero-order valence-electron chi connectivity index (χ0n) is 19.5. The van der Waals surface area contributed by atoms with E-state index in [0.717, 1.165) is 22.7 Å². The topological polar surface area (TPSA) is 75.7 Å². The Morgan fingerprint density at radius 3 is 2.32 bits per heavy atom. The van der Waals surface area contributed by atoms with Gasteiger partial charge in [0, 0.05) is 0 Å². The van der Waals surface area contributed by atoms with Gasteiger partial charge in [0.05, 0.1) is 23.7 Å². The highest BCUT2D eigenvalue weighted by molar-refractivity contribution is 7.92. The van der Waals surface area contributed by atoms with Crippen LogP contribution in [0, 0.1) is 0 Å². The van der Waals surface area contributed by atoms with Crippen molar-refractivity contribution in [2.75, 3.05) is 18.0 Å². The van der Waals surface area contributed by atoms with Gasteiger partial charge >= 0.3 is 0 Å². The summed E-state index contributed by atoms with van der Waals surface area (Å²) in [6.07, 6.45) is 4.57. The fourth-order valence-electron chi connectivity index (χ4n) is 4.31. The second-order valence-electron chi connectivity index (χ2n) is 8.55. The average Bonchev–Trinajstić information content (AvgIpc) is 2.87. The van der Waals surface area contributed by atoms with Gasteiger partial charge in [-0.1, -0.05) is 36.4 Å². The molecule has 0 aliphatic heterocycles. The van der Waals surface area contributed by atoms with Crippen LogP contribution in [0.15, 0.2) is 77.7 Å². The zero-order chi connectivity index (χ0) is 24.1. The number of anilines is 1. The van der Waals surface area contributed by atoms with Crippen LogP contribution in [0.25, 0.3) is 0 Å². The van der Waals surface area contributed by atoms with E-state index in [-0.39, 0.29) is 23.4 Å². The van der Waals surface area contributed by atoms with Crippen molar-refractivity contribution in [2.24, 2.45) is 0 Å². The number of carbonyl (C=O) groups is 1. The third kappa shape index (κ3) is 5.25. The molecule has 0 radical (unpaired) electrons. The second-order valence-corrected chi connectivity index (χ2v) is 10.4. The van der Waals surface area contributed by atoms with Crippen LogP contribution in [0.5, 0.6) is 5.75 Å². The molecular weight excluding hydrogens is 448 g/mol. The van der Waals surface area contributed by atoms with E-state index < -0.39 is 10.0 Å². The summed E-state index contributed by atoms with van der Waals surface area (Å²) in [5.74, 6) is 0.188. The lowest BCUT2D eigenvalue weighted by molar-refractivity contribution is -0.120. The Hall–Kier alpha value is -3.32. The molecule has 34 heavy (non-hydrogen) atoms. The molecule has 0 unspecified atom stereocenters. The van der Waals surface area contributed by atoms with Gasteiger partial charge in [-0.15, -0.1) is 0 Å². The lowest BCUT2D eigenvalue weighted by Gasteiger charge is -2.25. The van der Waals surface area contributed by atoms with Crippen molar-refractivity contribution < 1.29 is 17.9 Å². The molecule has 4 rings (SSSR count). The molecule has 0 bridgehead atoms. The van der Waals surface area contributed by atoms with E-state index in [9.17, 15) is 13.2 Å². The first-order chi connectivity index (χ1) is 16.4. The summed E-state index contributed by atoms with van der Waals surface area (Å²) in [7, 11) is -2.45. The molecule has 6 nitrogen and oxygen atoms in total. The molecule has 7 heteroatoms. The summed E-state index contributed by atoms with van der Waals surface area (Å²) < 4.78 is 33.3. The number of hydrogen-bond donors (Lipinski definition) is 1. The van der Waals surface area contributed by atoms with Crippen LogP contribution < -0.4 is 14.4 Å². The monoisotopic (exact) mass is 478 g/mol. The summed E-state index contributed by atoms with van der Waals surface area (Å²) >= 11 is 0. The maximum atomic E-state index is 13.5. The summed E-state index contributed by atoms with van der Waals surface area (Å²) in [5.41, 5.74) is 4.18. The van der Waals surface area contributed by atoms with Crippen LogP contribution >= 0.6 is 0 Å². The van der Waals surface area contributed by atoms with E-state index in [1.165, 1.54) is 43.2 Å². The molecule has 0 fully saturated rings. The first kappa shape index (κ1) is 23.8. The van der Waals surface area contributed by atoms with Gasteiger partial charge < -0.3 is 10.1 Å². The minimum absolute atomic E-state index is 0.0905. The maximum absolute atomic E-state index is 13.5. The van der Waals surface area contributed by atoms with Crippen LogP contribution in [-0.4, -0.2) is 28.0 Å². The number of methoxy groups -OCH3 is 1. The molecule has 0 heterocycles. The summed E-state index contributed by atoms with van der Waals surface area (Å²) in [5, 5.41) is 2.98. The van der Waals surface area contributed by atoms with Crippen LogP contribution in [0.2, 0.25) is 0 Å². The molecule has 178 valence electrons. The highest BCUT2D eigenvalue weighted by Crippen LogP contribution is 2.26. The van der Waals surface area contributed by atoms with Gasteiger partial charge in [-0.05, 0) is 85.7 Å². The Kier molecular flexibility index (Phi) is 7.22. The fourth-order valence-corrected chi connectivity index (χ4v) is 5.73. The Balaban J connectivity index is 1.55. The van der Waals surface area contributed by atoms with Crippen molar-refractivity contribution in [3.63, 3.8) is 0 Å². The SMILES string of the molecule is COc1ccc(S(=O)(=O)N(CC(=O)N[C@@H](C)c2ccc3c(c2)CCCC3)c2ccccc2)cc1. The number of amides is 1. The highest BCUT2D eigenvalue weighted by atomic mass is 32.2. The van der Waals surface area contributed by atoms with Crippen LogP contribution in [0.4, 0.5) is 5.69 Å². The van der Waals surface area contributed by atoms with Crippen molar-refractivity contribution in [1.82, 2.24) is 5.32 Å². The lowest BCUT2D eigenvalue weighted by Crippen LogP contribution is -2.41. The number of nitrogens with zero attached hydrogens (tertiary/aromatic N) is 1. The van der Waals surface area contributed by atoms with Crippen molar-refractivity contribution in [1.29, 1.82) is 0 Å². The smallest absolute Gasteiger partial charge is 0.264 e. The summed E-state index contributed by atoms with van der Waals surface area (Å²) in [4.78, 5) is 13.1. The van der Waals surface area contributed by atoms with Crippen molar-refractivity contribution in [3.8, 4) is 5.75 Å². The first-order valence-corrected chi connectivity index (χ1v) is 13.0. The van der Waals surface area contributed by atoms with E-state index in [4.69, 9.17) is 4.74 Å². The number of carbonyl (C=O) groups excluding carboxylic acids is 1. The normalized spacial score (nSPS) is 14.1. The Labute approximate surface area is 201 Å². The highest BCUT2D eigenvalue weighted by Gasteiger charge is 2.28. The molecule has 1 atom stereocenters. The number of fused-ring (bicyclic) bond motifs is 1. The maximum Gasteiger partial charge on any atom is 0.264 e. The van der Waals surface area contributed by atoms with Gasteiger partial charge in [0.2, 0.25) is 5.91 Å². The molecule has 3 aromatic rings. The third-order valence-electron chi connectivity index (χ3n) is 6.23. The van der Waals surface area contributed by atoms with E-state index in [1.54, 1.807) is 42.5 Å². The van der Waals surface area contributed by atoms with Crippen molar-refractivity contribution in [3.05, 3.63) is 89.5 Å². The molecule has 0 aromatic heterocycles. The van der Waals surface area contributed by atoms with Gasteiger partial charge in [-0.25, -0.2) is 8.42 Å². The largest absolute Gasteiger partial charge is 0.497 e. The standard InChI is InChI=1S/C27H30N2O4S/c1-20(22-13-12-21-8-6-7-9-23(21)18-22)28-27(30)19-29(24-10-4-3-5-11-24)34(31,32)26-16-14-25(33-2)15-17-26/h3-5,10-18,20H,6-9,19H2,1-2H3,(H,28,30)/t20-/m0/s1. The first-order valence-electron chi connectivity index (χ1n) is 11.5. The Bertz CT molecular complexity index is 1240. The fraction of sp³-hybridized carbons (Fsp3) is 0.296. The van der Waals surface area contributed by atoms with Gasteiger partial charge in [0.15, 0.2) is 0 Å². The average molecular weight is 479 g/mol. The van der Waals surface area contributed by atoms with E-state index in [2.05, 4.69) is 23.5 Å². The molecule has 1 N–H and O–H groups in total. The molecule has 1 aliphatic rings. The Morgan fingerprint density at radius 2 is 1.65 bits per heavy atom. The number of para-hydroxylation sites is 1. The molecule has 0 spiro atoms. The zero-order valence-corrected chi connectivity index (χ0v) is 20.3.